The van der Waals surface area contributed by atoms with E-state index in [1.54, 1.807) is 18.2 Å². The number of nitrogens with zero attached hydrogens (tertiary/aromatic N) is 2. The summed E-state index contributed by atoms with van der Waals surface area (Å²) in [6.45, 7) is 4.48. The number of amides is 1. The third-order valence-corrected chi connectivity index (χ3v) is 7.66. The zero-order chi connectivity index (χ0) is 24.8. The minimum absolute atomic E-state index is 0.0300. The Morgan fingerprint density at radius 2 is 1.77 bits per heavy atom. The largest absolute Gasteiger partial charge is 0.493 e. The fourth-order valence-electron chi connectivity index (χ4n) is 3.24. The number of benzene rings is 2. The van der Waals surface area contributed by atoms with E-state index in [1.165, 1.54) is 17.7 Å². The molecule has 1 aliphatic rings. The molecule has 0 aliphatic carbocycles. The Bertz CT molecular complexity index is 1360. The predicted octanol–water partition coefficient (Wildman–Crippen LogP) is 4.52. The summed E-state index contributed by atoms with van der Waals surface area (Å²) < 4.78 is 33.3. The van der Waals surface area contributed by atoms with Crippen LogP contribution in [0, 0.1) is 6.92 Å². The zero-order valence-corrected chi connectivity index (χ0v) is 21.0. The van der Waals surface area contributed by atoms with E-state index in [4.69, 9.17) is 4.74 Å². The van der Waals surface area contributed by atoms with Crippen LogP contribution in [-0.2, 0) is 27.7 Å². The number of aryl methyl sites for hydroxylation is 2. The number of carbonyl (C=O) groups is 1. The molecule has 0 saturated heterocycles. The number of nitrogens with one attached hydrogen (secondary N) is 1. The van der Waals surface area contributed by atoms with Crippen molar-refractivity contribution in [2.75, 3.05) is 6.61 Å². The average molecular weight is 508 g/mol. The van der Waals surface area contributed by atoms with Gasteiger partial charge in [0, 0.05) is 18.3 Å². The second-order valence-corrected chi connectivity index (χ2v) is 10.6. The fraction of sp³-hybridized carbons (Fsp3) is 0.192. The van der Waals surface area contributed by atoms with Crippen molar-refractivity contribution in [3.8, 4) is 5.75 Å². The Hall–Kier alpha value is -3.43. The topological polar surface area (TPSA) is 97.7 Å². The Kier molecular flexibility index (Phi) is 7.67. The highest BCUT2D eigenvalue weighted by atomic mass is 32.2. The molecule has 2 aromatic carbocycles. The molecule has 0 fully saturated rings. The number of pyridine rings is 1. The lowest BCUT2D eigenvalue weighted by molar-refractivity contribution is -0.113. The van der Waals surface area contributed by atoms with Gasteiger partial charge in [0.05, 0.1) is 16.4 Å². The van der Waals surface area contributed by atoms with Crippen LogP contribution in [0.5, 0.6) is 5.75 Å². The lowest BCUT2D eigenvalue weighted by atomic mass is 10.2. The first-order chi connectivity index (χ1) is 16.8. The van der Waals surface area contributed by atoms with Crippen molar-refractivity contribution < 1.29 is 17.9 Å². The molecule has 0 spiro atoms. The molecule has 0 radical (unpaired) electrons. The molecule has 0 unspecified atom stereocenters. The number of hydrogen-bond acceptors (Lipinski definition) is 6. The monoisotopic (exact) mass is 507 g/mol. The number of ether oxygens (including phenoxy) is 1. The van der Waals surface area contributed by atoms with Gasteiger partial charge in [-0.1, -0.05) is 42.8 Å². The van der Waals surface area contributed by atoms with Crippen LogP contribution in [0.2, 0.25) is 0 Å². The lowest BCUT2D eigenvalue weighted by Gasteiger charge is -2.07. The molecule has 1 aromatic heterocycles. The SMILES string of the molecule is CCc1ccc(CCOc2ccc(C=C3SC(NS(=O)(=O)c4ccc(C)cc4)=NC3=O)cc2)nc1. The van der Waals surface area contributed by atoms with Gasteiger partial charge >= 0.3 is 0 Å². The van der Waals surface area contributed by atoms with Crippen molar-refractivity contribution >= 4 is 38.9 Å². The van der Waals surface area contributed by atoms with Gasteiger partial charge in [-0.2, -0.15) is 4.99 Å². The zero-order valence-electron chi connectivity index (χ0n) is 19.4. The van der Waals surface area contributed by atoms with Gasteiger partial charge in [-0.15, -0.1) is 0 Å². The second kappa shape index (κ2) is 10.9. The summed E-state index contributed by atoms with van der Waals surface area (Å²) in [6.07, 6.45) is 5.24. The average Bonchev–Trinajstić information content (AvgIpc) is 3.18. The maximum absolute atomic E-state index is 12.6. The van der Waals surface area contributed by atoms with E-state index in [2.05, 4.69) is 27.7 Å². The third kappa shape index (κ3) is 6.58. The summed E-state index contributed by atoms with van der Waals surface area (Å²) in [5, 5.41) is 0.0300. The van der Waals surface area contributed by atoms with Gasteiger partial charge in [0.15, 0.2) is 5.17 Å². The minimum atomic E-state index is -3.82. The molecule has 2 heterocycles. The summed E-state index contributed by atoms with van der Waals surface area (Å²) in [5.41, 5.74) is 3.92. The molecular formula is C26H25N3O4S2. The molecule has 4 rings (SSSR count). The number of rotatable bonds is 8. The molecule has 3 aromatic rings. The van der Waals surface area contributed by atoms with Crippen molar-refractivity contribution in [3.05, 3.63) is 94.1 Å². The fourth-order valence-corrected chi connectivity index (χ4v) is 5.29. The summed E-state index contributed by atoms with van der Waals surface area (Å²) >= 11 is 0.990. The van der Waals surface area contributed by atoms with Crippen LogP contribution in [0.1, 0.15) is 29.3 Å². The molecule has 7 nitrogen and oxygen atoms in total. The molecule has 35 heavy (non-hydrogen) atoms. The Balaban J connectivity index is 1.32. The highest BCUT2D eigenvalue weighted by molar-refractivity contribution is 8.19. The number of carbonyl (C=O) groups excluding carboxylic acids is 1. The molecule has 180 valence electrons. The van der Waals surface area contributed by atoms with E-state index in [0.29, 0.717) is 23.7 Å². The second-order valence-electron chi connectivity index (χ2n) is 7.93. The van der Waals surface area contributed by atoms with Crippen LogP contribution in [0.15, 0.2) is 81.7 Å². The smallest absolute Gasteiger partial charge is 0.286 e. The highest BCUT2D eigenvalue weighted by Gasteiger charge is 2.26. The van der Waals surface area contributed by atoms with Gasteiger partial charge in [0.2, 0.25) is 0 Å². The first-order valence-corrected chi connectivity index (χ1v) is 13.4. The summed E-state index contributed by atoms with van der Waals surface area (Å²) in [4.78, 5) is 21.0. The number of amidine groups is 1. The van der Waals surface area contributed by atoms with Gasteiger partial charge in [0.25, 0.3) is 15.9 Å². The molecule has 0 saturated carbocycles. The van der Waals surface area contributed by atoms with Crippen molar-refractivity contribution in [3.63, 3.8) is 0 Å². The van der Waals surface area contributed by atoms with Gasteiger partial charge in [-0.25, -0.2) is 8.42 Å². The van der Waals surface area contributed by atoms with E-state index in [9.17, 15) is 13.2 Å². The summed E-state index contributed by atoms with van der Waals surface area (Å²) in [5.74, 6) is 0.226. The molecule has 0 bridgehead atoms. The van der Waals surface area contributed by atoms with Gasteiger partial charge in [-0.05, 0) is 72.6 Å². The maximum atomic E-state index is 12.6. The van der Waals surface area contributed by atoms with Gasteiger partial charge < -0.3 is 4.74 Å². The molecule has 1 N–H and O–H groups in total. The summed E-state index contributed by atoms with van der Waals surface area (Å²) in [7, 11) is -3.82. The van der Waals surface area contributed by atoms with Crippen molar-refractivity contribution in [1.29, 1.82) is 0 Å². The number of aromatic nitrogens is 1. The van der Waals surface area contributed by atoms with Gasteiger partial charge in [-0.3, -0.25) is 14.5 Å². The highest BCUT2D eigenvalue weighted by Crippen LogP contribution is 2.29. The Labute approximate surface area is 209 Å². The van der Waals surface area contributed by atoms with Crippen LogP contribution in [0.25, 0.3) is 6.08 Å². The van der Waals surface area contributed by atoms with Crippen LogP contribution >= 0.6 is 11.8 Å². The van der Waals surface area contributed by atoms with Crippen LogP contribution < -0.4 is 9.46 Å². The molecule has 9 heteroatoms. The molecule has 1 aliphatic heterocycles. The minimum Gasteiger partial charge on any atom is -0.493 e. The van der Waals surface area contributed by atoms with Crippen molar-refractivity contribution in [1.82, 2.24) is 9.71 Å². The maximum Gasteiger partial charge on any atom is 0.286 e. The quantitative estimate of drug-likeness (QED) is 0.450. The number of hydrogen-bond donors (Lipinski definition) is 1. The van der Waals surface area contributed by atoms with E-state index in [1.807, 2.05) is 43.5 Å². The molecular weight excluding hydrogens is 482 g/mol. The van der Waals surface area contributed by atoms with E-state index in [-0.39, 0.29) is 10.1 Å². The number of aliphatic imine (C=N–C) groups is 1. The predicted molar refractivity (Wildman–Crippen MR) is 139 cm³/mol. The molecule has 0 atom stereocenters. The van der Waals surface area contributed by atoms with Crippen molar-refractivity contribution in [2.24, 2.45) is 4.99 Å². The standard InChI is InChI=1S/C26H25N3O4S2/c1-3-19-6-9-21(27-17-19)14-15-33-22-10-7-20(8-11-22)16-24-25(30)28-26(34-24)29-35(31,32)23-12-4-18(2)5-13-23/h4-13,16-17H,3,14-15H2,1-2H3,(H,28,29,30). The van der Waals surface area contributed by atoms with Crippen molar-refractivity contribution in [2.45, 2.75) is 31.6 Å². The normalized spacial score (nSPS) is 14.7. The van der Waals surface area contributed by atoms with Crippen LogP contribution in [-0.4, -0.2) is 31.1 Å². The Morgan fingerprint density at radius 1 is 1.03 bits per heavy atom. The van der Waals surface area contributed by atoms with E-state index in [0.717, 1.165) is 35.0 Å². The number of thioether (sulfide) groups is 1. The first kappa shape index (κ1) is 24.7. The number of sulfonamides is 1. The molecule has 1 amide bonds. The van der Waals surface area contributed by atoms with Crippen LogP contribution in [0.3, 0.4) is 0 Å². The first-order valence-electron chi connectivity index (χ1n) is 11.1. The summed E-state index contributed by atoms with van der Waals surface area (Å²) in [6, 6.07) is 17.9. The lowest BCUT2D eigenvalue weighted by Crippen LogP contribution is -2.27. The van der Waals surface area contributed by atoms with Crippen LogP contribution in [0.4, 0.5) is 0 Å². The third-order valence-electron chi connectivity index (χ3n) is 5.27. The van der Waals surface area contributed by atoms with E-state index >= 15 is 0 Å². The van der Waals surface area contributed by atoms with E-state index < -0.39 is 15.9 Å². The van der Waals surface area contributed by atoms with Gasteiger partial charge in [0.1, 0.15) is 5.75 Å². The Morgan fingerprint density at radius 3 is 2.43 bits per heavy atom.